The van der Waals surface area contributed by atoms with E-state index in [1.807, 2.05) is 0 Å². The summed E-state index contributed by atoms with van der Waals surface area (Å²) in [5, 5.41) is 44.0. The molecular weight excluding hydrogens is 196 g/mol. The highest BCUT2D eigenvalue weighted by Crippen LogP contribution is 2.04. The largest absolute Gasteiger partial charge is 0.394 e. The molecule has 0 aliphatic heterocycles. The van der Waals surface area contributed by atoms with Gasteiger partial charge in [-0.1, -0.05) is 0 Å². The van der Waals surface area contributed by atoms with Gasteiger partial charge in [0.2, 0.25) is 5.91 Å². The molecule has 8 heteroatoms. The molecule has 0 aromatic heterocycles. The molecule has 14 heavy (non-hydrogen) atoms. The molecule has 1 amide bonds. The van der Waals surface area contributed by atoms with Crippen LogP contribution < -0.4 is 11.9 Å². The van der Waals surface area contributed by atoms with Crippen molar-refractivity contribution in [2.75, 3.05) is 6.61 Å². The summed E-state index contributed by atoms with van der Waals surface area (Å²) in [5.74, 6) is -1.23. The van der Waals surface area contributed by atoms with Gasteiger partial charge in [-0.15, -0.1) is 0 Å². The molecule has 0 aromatic rings. The summed E-state index contributed by atoms with van der Waals surface area (Å²) in [6.45, 7) is -0.802. The van der Waals surface area contributed by atoms with E-state index in [-0.39, 0.29) is 6.15 Å². The van der Waals surface area contributed by atoms with Gasteiger partial charge in [-0.25, -0.2) is 0 Å². The molecule has 86 valence electrons. The molecule has 8 nitrogen and oxygen atoms in total. The van der Waals surface area contributed by atoms with Gasteiger partial charge < -0.3 is 37.4 Å². The van der Waals surface area contributed by atoms with Crippen molar-refractivity contribution in [3.05, 3.63) is 0 Å². The lowest BCUT2D eigenvalue weighted by molar-refractivity contribution is -0.146. The maximum absolute atomic E-state index is 10.3. The van der Waals surface area contributed by atoms with Crippen LogP contribution in [0.4, 0.5) is 0 Å². The molecule has 0 aliphatic rings. The Morgan fingerprint density at radius 3 is 1.86 bits per heavy atom. The average molecular weight is 212 g/mol. The Bertz CT molecular complexity index is 178. The first-order valence-electron chi connectivity index (χ1n) is 3.54. The number of carbonyl (C=O) groups is 1. The third kappa shape index (κ3) is 3.96. The van der Waals surface area contributed by atoms with Crippen LogP contribution in [0.25, 0.3) is 0 Å². The number of nitrogens with two attached hydrogens (primary N) is 1. The van der Waals surface area contributed by atoms with Gasteiger partial charge in [-0.3, -0.25) is 4.79 Å². The van der Waals surface area contributed by atoms with E-state index in [1.54, 1.807) is 0 Å². The molecule has 0 spiro atoms. The van der Waals surface area contributed by atoms with Gasteiger partial charge in [0.05, 0.1) is 6.61 Å². The summed E-state index contributed by atoms with van der Waals surface area (Å²) in [4.78, 5) is 10.3. The molecule has 0 aliphatic carbocycles. The predicted molar refractivity (Wildman–Crippen MR) is 45.3 cm³/mol. The van der Waals surface area contributed by atoms with Crippen LogP contribution in [0.1, 0.15) is 0 Å². The van der Waals surface area contributed by atoms with Gasteiger partial charge in [0.1, 0.15) is 18.3 Å². The topological polar surface area (TPSA) is 179 Å². The molecule has 0 saturated carbocycles. The number of hydrogen-bond donors (Lipinski definition) is 7. The van der Waals surface area contributed by atoms with Crippen LogP contribution in [0, 0.1) is 0 Å². The molecule has 0 unspecified atom stereocenters. The van der Waals surface area contributed by atoms with Gasteiger partial charge in [0.15, 0.2) is 6.10 Å². The number of primary amides is 1. The van der Waals surface area contributed by atoms with Crippen molar-refractivity contribution >= 4 is 5.91 Å². The number of aliphatic hydroxyl groups excluding tert-OH is 5. The van der Waals surface area contributed by atoms with Crippen LogP contribution >= 0.6 is 0 Å². The number of hydrogen-bond acceptors (Lipinski definition) is 7. The molecule has 4 atom stereocenters. The third-order valence-electron chi connectivity index (χ3n) is 1.55. The summed E-state index contributed by atoms with van der Waals surface area (Å²) in [7, 11) is 0. The normalized spacial score (nSPS) is 18.9. The van der Waals surface area contributed by atoms with Crippen molar-refractivity contribution in [3.8, 4) is 0 Å². The van der Waals surface area contributed by atoms with Crippen molar-refractivity contribution in [2.45, 2.75) is 24.4 Å². The fraction of sp³-hybridized carbons (Fsp3) is 0.833. The zero-order valence-electron chi connectivity index (χ0n) is 7.45. The third-order valence-corrected chi connectivity index (χ3v) is 1.55. The van der Waals surface area contributed by atoms with Gasteiger partial charge in [0.25, 0.3) is 0 Å². The summed E-state index contributed by atoms with van der Waals surface area (Å²) >= 11 is 0. The lowest BCUT2D eigenvalue weighted by atomic mass is 10.0. The van der Waals surface area contributed by atoms with Gasteiger partial charge in [0, 0.05) is 0 Å². The fourth-order valence-corrected chi connectivity index (χ4v) is 0.691. The Balaban J connectivity index is 0. The summed E-state index contributed by atoms with van der Waals surface area (Å²) in [5.41, 5.74) is 4.61. The number of aliphatic hydroxyl groups is 5. The Morgan fingerprint density at radius 1 is 1.14 bits per heavy atom. The fourth-order valence-electron chi connectivity index (χ4n) is 0.691. The molecule has 0 fully saturated rings. The van der Waals surface area contributed by atoms with E-state index >= 15 is 0 Å². The van der Waals surface area contributed by atoms with E-state index in [0.717, 1.165) is 0 Å². The first kappa shape index (κ1) is 15.7. The number of rotatable bonds is 5. The zero-order valence-corrected chi connectivity index (χ0v) is 7.45. The van der Waals surface area contributed by atoms with Gasteiger partial charge >= 0.3 is 0 Å². The van der Waals surface area contributed by atoms with E-state index in [4.69, 9.17) is 25.5 Å². The molecular formula is C6H16N2O6. The van der Waals surface area contributed by atoms with Crippen molar-refractivity contribution in [2.24, 2.45) is 5.73 Å². The minimum absolute atomic E-state index is 0. The van der Waals surface area contributed by atoms with Gasteiger partial charge in [-0.2, -0.15) is 0 Å². The Hall–Kier alpha value is -0.770. The predicted octanol–water partition coefficient (Wildman–Crippen LogP) is -3.93. The van der Waals surface area contributed by atoms with Crippen molar-refractivity contribution < 1.29 is 30.3 Å². The van der Waals surface area contributed by atoms with E-state index in [2.05, 4.69) is 5.73 Å². The Morgan fingerprint density at radius 2 is 1.57 bits per heavy atom. The zero-order chi connectivity index (χ0) is 10.6. The van der Waals surface area contributed by atoms with Crippen LogP contribution in [-0.2, 0) is 4.79 Å². The van der Waals surface area contributed by atoms with E-state index in [9.17, 15) is 4.79 Å². The van der Waals surface area contributed by atoms with Crippen molar-refractivity contribution in [3.63, 3.8) is 0 Å². The molecule has 0 bridgehead atoms. The van der Waals surface area contributed by atoms with Crippen LogP contribution in [0.3, 0.4) is 0 Å². The van der Waals surface area contributed by atoms with Crippen LogP contribution in [0.5, 0.6) is 0 Å². The molecule has 0 aromatic carbocycles. The quantitative estimate of drug-likeness (QED) is 0.243. The van der Waals surface area contributed by atoms with Crippen LogP contribution in [-0.4, -0.2) is 62.5 Å². The minimum Gasteiger partial charge on any atom is -0.394 e. The van der Waals surface area contributed by atoms with E-state index in [1.165, 1.54) is 0 Å². The second kappa shape index (κ2) is 6.65. The molecule has 0 radical (unpaired) electrons. The number of carbonyl (C=O) groups excluding carboxylic acids is 1. The standard InChI is InChI=1S/C6H13NO6.H3N/c7-6(13)5(12)4(11)3(10)2(9)1-8;/h2-5,8-12H,1H2,(H2,7,13);1H3/t2-,3-,4+,5-;/m1./s1. The highest BCUT2D eigenvalue weighted by molar-refractivity contribution is 5.79. The molecule has 0 heterocycles. The van der Waals surface area contributed by atoms with Crippen molar-refractivity contribution in [1.82, 2.24) is 6.15 Å². The molecule has 0 saturated heterocycles. The number of amides is 1. The van der Waals surface area contributed by atoms with E-state index in [0.29, 0.717) is 0 Å². The average Bonchev–Trinajstić information content (AvgIpc) is 2.12. The SMILES string of the molecule is N.NC(=O)[C@H](O)[C@@H](O)[C@H](O)[C@H](O)CO. The molecule has 10 N–H and O–H groups in total. The monoisotopic (exact) mass is 212 g/mol. The maximum atomic E-state index is 10.3. The maximum Gasteiger partial charge on any atom is 0.249 e. The Kier molecular flexibility index (Phi) is 7.45. The lowest BCUT2D eigenvalue weighted by Crippen LogP contribution is -2.50. The highest BCUT2D eigenvalue weighted by atomic mass is 16.4. The second-order valence-electron chi connectivity index (χ2n) is 2.58. The minimum atomic E-state index is -1.98. The van der Waals surface area contributed by atoms with Crippen LogP contribution in [0.2, 0.25) is 0 Å². The second-order valence-corrected chi connectivity index (χ2v) is 2.58. The summed E-state index contributed by atoms with van der Waals surface area (Å²) in [6, 6.07) is 0. The summed E-state index contributed by atoms with van der Waals surface area (Å²) < 4.78 is 0. The first-order chi connectivity index (χ1) is 5.91. The molecule has 0 rings (SSSR count). The Labute approximate surface area is 80.2 Å². The van der Waals surface area contributed by atoms with Gasteiger partial charge in [-0.05, 0) is 0 Å². The van der Waals surface area contributed by atoms with E-state index < -0.39 is 36.9 Å². The lowest BCUT2D eigenvalue weighted by Gasteiger charge is -2.23. The first-order valence-corrected chi connectivity index (χ1v) is 3.54. The van der Waals surface area contributed by atoms with Crippen LogP contribution in [0.15, 0.2) is 0 Å². The highest BCUT2D eigenvalue weighted by Gasteiger charge is 2.32. The van der Waals surface area contributed by atoms with Crippen molar-refractivity contribution in [1.29, 1.82) is 0 Å². The summed E-state index contributed by atoms with van der Waals surface area (Å²) in [6.07, 6.45) is -7.35. The smallest absolute Gasteiger partial charge is 0.249 e.